The average Bonchev–Trinajstić information content (AvgIpc) is 1.41. The zero-order valence-corrected chi connectivity index (χ0v) is 14.5. The summed E-state index contributed by atoms with van der Waals surface area (Å²) in [4.78, 5) is 8.33. The Morgan fingerprint density at radius 1 is 1.12 bits per heavy atom. The molecule has 0 rings (SSSR count). The van der Waals surface area contributed by atoms with E-state index < -0.39 is 6.16 Å². The minimum Gasteiger partial charge on any atom is -0.652 e. The van der Waals surface area contributed by atoms with Crippen molar-refractivity contribution in [1.82, 2.24) is 0 Å². The molecular weight excluding hydrogens is 263 g/mol. The van der Waals surface area contributed by atoms with Gasteiger partial charge >= 0.3 is 116 Å². The van der Waals surface area contributed by atoms with E-state index in [1.807, 2.05) is 0 Å². The molecule has 0 radical (unpaired) electrons. The summed E-state index contributed by atoms with van der Waals surface area (Å²) >= 11 is 0. The summed E-state index contributed by atoms with van der Waals surface area (Å²) in [7, 11) is 0. The molecule has 0 aromatic heterocycles. The van der Waals surface area contributed by atoms with Crippen molar-refractivity contribution < 1.29 is 142 Å². The number of carbonyl (C=O) groups is 1. The molecule has 0 aliphatic rings. The third-order valence-electron chi connectivity index (χ3n) is 0. The van der Waals surface area contributed by atoms with E-state index in [2.05, 4.69) is 0 Å². The van der Waals surface area contributed by atoms with Crippen LogP contribution >= 0.6 is 0 Å². The Morgan fingerprint density at radius 2 is 1.12 bits per heavy atom. The Kier molecular flexibility index (Phi) is 63.3. The molecule has 0 amide bonds. The Labute approximate surface area is 144 Å². The summed E-state index contributed by atoms with van der Waals surface area (Å²) in [6, 6.07) is 0. The zero-order chi connectivity index (χ0) is 5.58. The van der Waals surface area contributed by atoms with Gasteiger partial charge in [0.05, 0.1) is 0 Å². The summed E-state index contributed by atoms with van der Waals surface area (Å²) < 4.78 is 0. The molecule has 7 heteroatoms. The maximum Gasteiger partial charge on any atom is 1.00 e. The van der Waals surface area contributed by atoms with Crippen molar-refractivity contribution >= 4 is 6.16 Å². The summed E-state index contributed by atoms with van der Waals surface area (Å²) in [5.41, 5.74) is 0. The maximum atomic E-state index is 8.33. The molecule has 0 aliphatic heterocycles. The Balaban J connectivity index is -0.0000000183. The van der Waals surface area contributed by atoms with Crippen molar-refractivity contribution in [3.63, 3.8) is 0 Å². The minimum absolute atomic E-state index is 0. The van der Waals surface area contributed by atoms with Crippen LogP contribution in [-0.4, -0.2) is 16.7 Å². The number of rotatable bonds is 0. The van der Waals surface area contributed by atoms with Crippen LogP contribution in [0.3, 0.4) is 0 Å². The summed E-state index contributed by atoms with van der Waals surface area (Å²) in [6.07, 6.45) is -2.33. The average molecular weight is 265 g/mol. The van der Waals surface area contributed by atoms with Gasteiger partial charge in [-0.1, -0.05) is 0 Å². The predicted octanol–water partition coefficient (Wildman–Crippen LogP) is -8.42. The topological polar surface area (TPSA) is 104 Å². The van der Waals surface area contributed by atoms with Crippen LogP contribution in [0.4, 0.5) is 4.79 Å². The van der Waals surface area contributed by atoms with Crippen LogP contribution in [0, 0.1) is 0 Å². The van der Waals surface area contributed by atoms with E-state index in [0.29, 0.717) is 0 Å². The Morgan fingerprint density at radius 3 is 1.12 bits per heavy atom. The standard InChI is InChI=1S/CH2O3.H2O2.2Rb/c2-1(3)4;1-2;;/h(H2,2,3,4);1-2H;;/q;;2*+1/p-2. The van der Waals surface area contributed by atoms with Crippen LogP contribution in [0.25, 0.3) is 0 Å². The molecule has 8 heavy (non-hydrogen) atoms. The Hall–Kier alpha value is 2.80. The number of hydrogen-bond donors (Lipinski definition) is 2. The normalized spacial score (nSPS) is 3.75. The van der Waals surface area contributed by atoms with Gasteiger partial charge in [0.15, 0.2) is 0 Å². The molecule has 38 valence electrons. The van der Waals surface area contributed by atoms with E-state index in [0.717, 1.165) is 0 Å². The molecule has 0 aliphatic carbocycles. The number of carboxylic acid groups (broad SMARTS) is 2. The second-order valence-corrected chi connectivity index (χ2v) is 0.250. The minimum atomic E-state index is -2.33. The first-order valence-corrected chi connectivity index (χ1v) is 0.812. The van der Waals surface area contributed by atoms with E-state index >= 15 is 0 Å². The van der Waals surface area contributed by atoms with Crippen molar-refractivity contribution in [2.45, 2.75) is 0 Å². The van der Waals surface area contributed by atoms with Crippen LogP contribution < -0.4 is 127 Å². The monoisotopic (exact) mass is 264 g/mol. The molecule has 0 aromatic carbocycles. The van der Waals surface area contributed by atoms with Crippen molar-refractivity contribution in [3.05, 3.63) is 0 Å². The van der Waals surface area contributed by atoms with E-state index in [1.165, 1.54) is 0 Å². The maximum absolute atomic E-state index is 8.33. The SMILES string of the molecule is O=C([O-])[O-].OO.[Rb+].[Rb+]. The summed E-state index contributed by atoms with van der Waals surface area (Å²) in [6.45, 7) is 0. The van der Waals surface area contributed by atoms with Gasteiger partial charge in [0, 0.05) is 0 Å². The number of hydrogen-bond acceptors (Lipinski definition) is 5. The molecule has 0 bridgehead atoms. The van der Waals surface area contributed by atoms with Crippen LogP contribution in [0.2, 0.25) is 0 Å². The van der Waals surface area contributed by atoms with E-state index in [1.54, 1.807) is 0 Å². The molecule has 5 nitrogen and oxygen atoms in total. The van der Waals surface area contributed by atoms with Crippen molar-refractivity contribution in [2.24, 2.45) is 0 Å². The number of carbonyl (C=O) groups excluding carboxylic acids is 1. The summed E-state index contributed by atoms with van der Waals surface area (Å²) in [5, 5.41) is 28.7. The fraction of sp³-hybridized carbons (Fsp3) is 0. The molecule has 0 saturated heterocycles. The molecule has 0 fully saturated rings. The second kappa shape index (κ2) is 22.6. The molecule has 0 unspecified atom stereocenters. The van der Waals surface area contributed by atoms with Gasteiger partial charge < -0.3 is 15.0 Å². The first-order chi connectivity index (χ1) is 2.73. The fourth-order valence-electron chi connectivity index (χ4n) is 0. The van der Waals surface area contributed by atoms with Crippen LogP contribution in [0.5, 0.6) is 0 Å². The molecule has 0 saturated carbocycles. The van der Waals surface area contributed by atoms with Gasteiger partial charge in [-0.3, -0.25) is 10.5 Å². The smallest absolute Gasteiger partial charge is 0.652 e. The third-order valence-corrected chi connectivity index (χ3v) is 0. The van der Waals surface area contributed by atoms with Gasteiger partial charge in [-0.05, 0) is 6.16 Å². The molecule has 2 N–H and O–H groups in total. The van der Waals surface area contributed by atoms with Gasteiger partial charge in [-0.15, -0.1) is 0 Å². The van der Waals surface area contributed by atoms with Crippen LogP contribution in [0.15, 0.2) is 0 Å². The van der Waals surface area contributed by atoms with E-state index in [4.69, 9.17) is 25.5 Å². The van der Waals surface area contributed by atoms with Crippen molar-refractivity contribution in [1.29, 1.82) is 0 Å². The Bertz CT molecular complexity index is 33.4. The first kappa shape index (κ1) is 22.4. The largest absolute Gasteiger partial charge is 1.00 e. The fourth-order valence-corrected chi connectivity index (χ4v) is 0. The van der Waals surface area contributed by atoms with Crippen LogP contribution in [-0.2, 0) is 0 Å². The van der Waals surface area contributed by atoms with Crippen molar-refractivity contribution in [3.8, 4) is 0 Å². The van der Waals surface area contributed by atoms with E-state index in [9.17, 15) is 0 Å². The van der Waals surface area contributed by atoms with Crippen molar-refractivity contribution in [2.75, 3.05) is 0 Å². The quantitative estimate of drug-likeness (QED) is 0.334. The second-order valence-electron chi connectivity index (χ2n) is 0.250. The van der Waals surface area contributed by atoms with Gasteiger partial charge in [0.25, 0.3) is 0 Å². The van der Waals surface area contributed by atoms with Crippen LogP contribution in [0.1, 0.15) is 0 Å². The van der Waals surface area contributed by atoms with Gasteiger partial charge in [-0.25, -0.2) is 0 Å². The molecular formula is CH2O5Rb2. The van der Waals surface area contributed by atoms with Gasteiger partial charge in [0.2, 0.25) is 0 Å². The molecule has 0 aromatic rings. The van der Waals surface area contributed by atoms with Gasteiger partial charge in [0.1, 0.15) is 0 Å². The van der Waals surface area contributed by atoms with Gasteiger partial charge in [-0.2, -0.15) is 0 Å². The molecule has 0 atom stereocenters. The zero-order valence-electron chi connectivity index (χ0n) is 4.62. The third kappa shape index (κ3) is 68.3. The van der Waals surface area contributed by atoms with E-state index in [-0.39, 0.29) is 116 Å². The first-order valence-electron chi connectivity index (χ1n) is 0.812. The summed E-state index contributed by atoms with van der Waals surface area (Å²) in [5.74, 6) is 0. The molecule has 0 heterocycles. The molecule has 0 spiro atoms. The predicted molar refractivity (Wildman–Crippen MR) is 10.7 cm³/mol.